The molecule has 100 valence electrons. The van der Waals surface area contributed by atoms with Gasteiger partial charge < -0.3 is 0 Å². The van der Waals surface area contributed by atoms with Gasteiger partial charge >= 0.3 is 0 Å². The molecule has 2 amide bonds. The summed E-state index contributed by atoms with van der Waals surface area (Å²) < 4.78 is 0. The molecule has 0 bridgehead atoms. The van der Waals surface area contributed by atoms with Gasteiger partial charge in [0.2, 0.25) is 11.8 Å². The van der Waals surface area contributed by atoms with Gasteiger partial charge in [0.25, 0.3) is 5.69 Å². The van der Waals surface area contributed by atoms with Gasteiger partial charge in [0, 0.05) is 18.1 Å². The topological polar surface area (TPSA) is 80.5 Å². The number of rotatable bonds is 3. The smallest absolute Gasteiger partial charge is 0.274 e. The number of hydrogen-bond acceptors (Lipinski definition) is 4. The summed E-state index contributed by atoms with van der Waals surface area (Å²) in [5, 5.41) is 10.9. The van der Waals surface area contributed by atoms with Crippen molar-refractivity contribution in [3.8, 4) is 0 Å². The summed E-state index contributed by atoms with van der Waals surface area (Å²) in [4.78, 5) is 35.4. The largest absolute Gasteiger partial charge is 0.277 e. The fourth-order valence-corrected chi connectivity index (χ4v) is 2.18. The monoisotopic (exact) mass is 262 g/mol. The SMILES string of the molecule is CC1(C)CC(=O)N(Cc2ccccc2[N+](=O)[O-])C1=O. The lowest BCUT2D eigenvalue weighted by Gasteiger charge is -2.17. The molecule has 19 heavy (non-hydrogen) atoms. The number of carbonyl (C=O) groups is 2. The molecule has 1 heterocycles. The highest BCUT2D eigenvalue weighted by molar-refractivity contribution is 6.05. The molecule has 1 saturated heterocycles. The van der Waals surface area contributed by atoms with Crippen molar-refractivity contribution >= 4 is 17.5 Å². The van der Waals surface area contributed by atoms with Gasteiger partial charge in [0.1, 0.15) is 0 Å². The lowest BCUT2D eigenvalue weighted by molar-refractivity contribution is -0.385. The normalized spacial score (nSPS) is 17.9. The van der Waals surface area contributed by atoms with Crippen molar-refractivity contribution in [1.82, 2.24) is 4.90 Å². The number of imide groups is 1. The van der Waals surface area contributed by atoms with Gasteiger partial charge in [-0.1, -0.05) is 32.0 Å². The van der Waals surface area contributed by atoms with Gasteiger partial charge in [0.15, 0.2) is 0 Å². The Morgan fingerprint density at radius 3 is 2.47 bits per heavy atom. The van der Waals surface area contributed by atoms with Gasteiger partial charge in [-0.05, 0) is 0 Å². The average molecular weight is 262 g/mol. The van der Waals surface area contributed by atoms with Crippen LogP contribution in [0.1, 0.15) is 25.8 Å². The van der Waals surface area contributed by atoms with Crippen molar-refractivity contribution in [1.29, 1.82) is 0 Å². The highest BCUT2D eigenvalue weighted by atomic mass is 16.6. The predicted molar refractivity (Wildman–Crippen MR) is 67.1 cm³/mol. The Morgan fingerprint density at radius 2 is 1.95 bits per heavy atom. The van der Waals surface area contributed by atoms with Crippen LogP contribution in [0.2, 0.25) is 0 Å². The van der Waals surface area contributed by atoms with Crippen LogP contribution in [0, 0.1) is 15.5 Å². The Balaban J connectivity index is 2.30. The number of carbonyl (C=O) groups excluding carboxylic acids is 2. The van der Waals surface area contributed by atoms with Crippen LogP contribution >= 0.6 is 0 Å². The fourth-order valence-electron chi connectivity index (χ4n) is 2.18. The van der Waals surface area contributed by atoms with E-state index in [-0.39, 0.29) is 30.5 Å². The third-order valence-electron chi connectivity index (χ3n) is 3.24. The lowest BCUT2D eigenvalue weighted by atomic mass is 9.92. The van der Waals surface area contributed by atoms with Crippen LogP contribution in [-0.4, -0.2) is 21.6 Å². The highest BCUT2D eigenvalue weighted by Gasteiger charge is 2.44. The van der Waals surface area contributed by atoms with Crippen molar-refractivity contribution in [2.45, 2.75) is 26.8 Å². The van der Waals surface area contributed by atoms with E-state index in [2.05, 4.69) is 0 Å². The Hall–Kier alpha value is -2.24. The first-order chi connectivity index (χ1) is 8.83. The van der Waals surface area contributed by atoms with Gasteiger partial charge in [-0.3, -0.25) is 24.6 Å². The summed E-state index contributed by atoms with van der Waals surface area (Å²) in [6, 6.07) is 6.13. The molecule has 0 atom stereocenters. The Labute approximate surface area is 110 Å². The van der Waals surface area contributed by atoms with E-state index in [0.717, 1.165) is 4.90 Å². The van der Waals surface area contributed by atoms with Crippen LogP contribution < -0.4 is 0 Å². The van der Waals surface area contributed by atoms with Crippen molar-refractivity contribution < 1.29 is 14.5 Å². The van der Waals surface area contributed by atoms with E-state index in [9.17, 15) is 19.7 Å². The fraction of sp³-hybridized carbons (Fsp3) is 0.385. The third kappa shape index (κ3) is 2.33. The number of para-hydroxylation sites is 1. The molecule has 0 saturated carbocycles. The number of benzene rings is 1. The minimum atomic E-state index is -0.722. The van der Waals surface area contributed by atoms with Crippen LogP contribution in [0.5, 0.6) is 0 Å². The standard InChI is InChI=1S/C13H14N2O4/c1-13(2)7-11(16)14(12(13)17)8-9-5-3-4-6-10(9)15(18)19/h3-6H,7-8H2,1-2H3. The molecule has 1 aliphatic rings. The van der Waals surface area contributed by atoms with E-state index in [1.807, 2.05) is 0 Å². The number of hydrogen-bond donors (Lipinski definition) is 0. The number of amides is 2. The van der Waals surface area contributed by atoms with Crippen LogP contribution in [0.25, 0.3) is 0 Å². The lowest BCUT2D eigenvalue weighted by Crippen LogP contribution is -2.32. The van der Waals surface area contributed by atoms with E-state index < -0.39 is 10.3 Å². The first-order valence-electron chi connectivity index (χ1n) is 5.90. The molecule has 0 N–H and O–H groups in total. The summed E-state index contributed by atoms with van der Waals surface area (Å²) in [5.41, 5.74) is -0.430. The van der Waals surface area contributed by atoms with Gasteiger partial charge in [-0.25, -0.2) is 0 Å². The van der Waals surface area contributed by atoms with Crippen LogP contribution in [0.15, 0.2) is 24.3 Å². The minimum absolute atomic E-state index is 0.0434. The molecule has 1 aromatic rings. The Morgan fingerprint density at radius 1 is 1.32 bits per heavy atom. The molecule has 0 spiro atoms. The molecule has 0 radical (unpaired) electrons. The second kappa shape index (κ2) is 4.46. The van der Waals surface area contributed by atoms with Crippen LogP contribution in [0.3, 0.4) is 0 Å². The first kappa shape index (κ1) is 13.2. The molecule has 6 nitrogen and oxygen atoms in total. The zero-order valence-corrected chi connectivity index (χ0v) is 10.8. The molecule has 0 unspecified atom stereocenters. The van der Waals surface area contributed by atoms with Gasteiger partial charge in [0.05, 0.1) is 16.9 Å². The zero-order chi connectivity index (χ0) is 14.2. The molecule has 2 rings (SSSR count). The van der Waals surface area contributed by atoms with E-state index in [4.69, 9.17) is 0 Å². The van der Waals surface area contributed by atoms with E-state index in [1.54, 1.807) is 32.0 Å². The maximum absolute atomic E-state index is 12.1. The molecule has 1 aliphatic heterocycles. The van der Waals surface area contributed by atoms with Crippen molar-refractivity contribution in [2.75, 3.05) is 0 Å². The summed E-state index contributed by atoms with van der Waals surface area (Å²) in [7, 11) is 0. The molecule has 1 fully saturated rings. The predicted octanol–water partition coefficient (Wildman–Crippen LogP) is 1.88. The second-order valence-electron chi connectivity index (χ2n) is 5.23. The minimum Gasteiger partial charge on any atom is -0.277 e. The van der Waals surface area contributed by atoms with E-state index >= 15 is 0 Å². The second-order valence-corrected chi connectivity index (χ2v) is 5.23. The average Bonchev–Trinajstić information content (AvgIpc) is 2.52. The van der Waals surface area contributed by atoms with Crippen molar-refractivity contribution in [2.24, 2.45) is 5.41 Å². The van der Waals surface area contributed by atoms with Crippen molar-refractivity contribution in [3.05, 3.63) is 39.9 Å². The summed E-state index contributed by atoms with van der Waals surface area (Å²) in [6.07, 6.45) is 0.145. The molecule has 0 aromatic heterocycles. The maximum atomic E-state index is 12.1. The van der Waals surface area contributed by atoms with Crippen LogP contribution in [-0.2, 0) is 16.1 Å². The Kier molecular flexibility index (Phi) is 3.09. The molecule has 0 aliphatic carbocycles. The Bertz CT molecular complexity index is 566. The van der Waals surface area contributed by atoms with E-state index in [0.29, 0.717) is 5.56 Å². The maximum Gasteiger partial charge on any atom is 0.274 e. The quantitative estimate of drug-likeness (QED) is 0.473. The molecule has 1 aromatic carbocycles. The molecular weight excluding hydrogens is 248 g/mol. The van der Waals surface area contributed by atoms with Gasteiger partial charge in [-0.2, -0.15) is 0 Å². The molecule has 6 heteroatoms. The van der Waals surface area contributed by atoms with Gasteiger partial charge in [-0.15, -0.1) is 0 Å². The summed E-state index contributed by atoms with van der Waals surface area (Å²) in [5.74, 6) is -0.566. The third-order valence-corrected chi connectivity index (χ3v) is 3.24. The van der Waals surface area contributed by atoms with Crippen molar-refractivity contribution in [3.63, 3.8) is 0 Å². The van der Waals surface area contributed by atoms with Crippen LogP contribution in [0.4, 0.5) is 5.69 Å². The number of nitro benzene ring substituents is 1. The number of likely N-dealkylation sites (tertiary alicyclic amines) is 1. The number of nitrogens with zero attached hydrogens (tertiary/aromatic N) is 2. The van der Waals surface area contributed by atoms with E-state index in [1.165, 1.54) is 6.07 Å². The first-order valence-corrected chi connectivity index (χ1v) is 5.90. The summed E-state index contributed by atoms with van der Waals surface area (Å²) >= 11 is 0. The number of nitro groups is 1. The highest BCUT2D eigenvalue weighted by Crippen LogP contribution is 2.33. The summed E-state index contributed by atoms with van der Waals surface area (Å²) in [6.45, 7) is 3.36. The zero-order valence-electron chi connectivity index (χ0n) is 10.8. The molecular formula is C13H14N2O4.